The summed E-state index contributed by atoms with van der Waals surface area (Å²) in [6.45, 7) is 6.75. The van der Waals surface area contributed by atoms with Crippen LogP contribution >= 0.6 is 0 Å². The maximum atomic E-state index is 6.02. The van der Waals surface area contributed by atoms with E-state index < -0.39 is 0 Å². The fourth-order valence-electron chi connectivity index (χ4n) is 2.58. The largest absolute Gasteiger partial charge is 0.327 e. The van der Waals surface area contributed by atoms with E-state index in [1.54, 1.807) is 0 Å². The molecule has 0 aromatic heterocycles. The van der Waals surface area contributed by atoms with Crippen molar-refractivity contribution in [3.8, 4) is 0 Å². The molecule has 1 saturated carbocycles. The van der Waals surface area contributed by atoms with Gasteiger partial charge in [-0.05, 0) is 42.2 Å². The molecular formula is C17H25N. The molecule has 1 fully saturated rings. The monoisotopic (exact) mass is 243 g/mol. The second-order valence-corrected chi connectivity index (χ2v) is 6.53. The van der Waals surface area contributed by atoms with Crippen molar-refractivity contribution >= 4 is 6.08 Å². The van der Waals surface area contributed by atoms with Crippen molar-refractivity contribution in [2.24, 2.45) is 5.73 Å². The maximum Gasteiger partial charge on any atom is 0.00763 e. The highest BCUT2D eigenvalue weighted by Gasteiger charge is 2.14. The van der Waals surface area contributed by atoms with Gasteiger partial charge in [0.15, 0.2) is 0 Å². The van der Waals surface area contributed by atoms with E-state index in [0.29, 0.717) is 6.04 Å². The van der Waals surface area contributed by atoms with E-state index in [1.165, 1.54) is 36.0 Å². The molecule has 1 atom stereocenters. The second-order valence-electron chi connectivity index (χ2n) is 6.53. The number of benzene rings is 1. The van der Waals surface area contributed by atoms with Crippen LogP contribution in [0, 0.1) is 0 Å². The van der Waals surface area contributed by atoms with Crippen molar-refractivity contribution in [1.82, 2.24) is 0 Å². The SMILES string of the molecule is CC(C)(C)c1ccc(C=C2CCCC(N)C2)cc1. The standard InChI is InChI=1S/C17H25N/c1-17(2,3)15-9-7-13(8-10-15)11-14-5-4-6-16(18)12-14/h7-11,16H,4-6,12,18H2,1-3H3. The van der Waals surface area contributed by atoms with E-state index in [9.17, 15) is 0 Å². The Morgan fingerprint density at radius 3 is 2.39 bits per heavy atom. The smallest absolute Gasteiger partial charge is 0.00763 e. The van der Waals surface area contributed by atoms with Gasteiger partial charge in [0.05, 0.1) is 0 Å². The van der Waals surface area contributed by atoms with Crippen molar-refractivity contribution in [1.29, 1.82) is 0 Å². The summed E-state index contributed by atoms with van der Waals surface area (Å²) >= 11 is 0. The molecule has 0 aliphatic heterocycles. The molecule has 0 radical (unpaired) electrons. The van der Waals surface area contributed by atoms with Crippen molar-refractivity contribution in [2.75, 3.05) is 0 Å². The third-order valence-electron chi connectivity index (χ3n) is 3.74. The summed E-state index contributed by atoms with van der Waals surface area (Å²) in [7, 11) is 0. The zero-order chi connectivity index (χ0) is 13.2. The normalized spacial score (nSPS) is 23.3. The molecule has 1 unspecified atom stereocenters. The van der Waals surface area contributed by atoms with E-state index in [2.05, 4.69) is 51.1 Å². The van der Waals surface area contributed by atoms with Crippen molar-refractivity contribution in [3.63, 3.8) is 0 Å². The van der Waals surface area contributed by atoms with Gasteiger partial charge in [-0.1, -0.05) is 56.7 Å². The van der Waals surface area contributed by atoms with Crippen LogP contribution in [0.3, 0.4) is 0 Å². The highest BCUT2D eigenvalue weighted by atomic mass is 14.6. The predicted molar refractivity (Wildman–Crippen MR) is 79.6 cm³/mol. The van der Waals surface area contributed by atoms with Gasteiger partial charge in [-0.25, -0.2) is 0 Å². The van der Waals surface area contributed by atoms with Gasteiger partial charge in [0, 0.05) is 6.04 Å². The summed E-state index contributed by atoms with van der Waals surface area (Å²) in [5, 5.41) is 0. The van der Waals surface area contributed by atoms with Crippen LogP contribution in [0.25, 0.3) is 6.08 Å². The topological polar surface area (TPSA) is 26.0 Å². The van der Waals surface area contributed by atoms with Crippen molar-refractivity contribution < 1.29 is 0 Å². The van der Waals surface area contributed by atoms with Crippen LogP contribution in [0.15, 0.2) is 29.8 Å². The lowest BCUT2D eigenvalue weighted by molar-refractivity contribution is 0.520. The van der Waals surface area contributed by atoms with Gasteiger partial charge in [0.1, 0.15) is 0 Å². The van der Waals surface area contributed by atoms with E-state index in [1.807, 2.05) is 0 Å². The molecule has 0 spiro atoms. The molecule has 1 heteroatoms. The van der Waals surface area contributed by atoms with Gasteiger partial charge in [-0.15, -0.1) is 0 Å². The molecule has 0 bridgehead atoms. The average molecular weight is 243 g/mol. The Bertz CT molecular complexity index is 420. The summed E-state index contributed by atoms with van der Waals surface area (Å²) in [6, 6.07) is 9.32. The van der Waals surface area contributed by atoms with Gasteiger partial charge in [0.2, 0.25) is 0 Å². The molecular weight excluding hydrogens is 218 g/mol. The zero-order valence-electron chi connectivity index (χ0n) is 11.9. The van der Waals surface area contributed by atoms with Crippen LogP contribution in [0.5, 0.6) is 0 Å². The predicted octanol–water partition coefficient (Wildman–Crippen LogP) is 4.27. The van der Waals surface area contributed by atoms with Crippen LogP contribution < -0.4 is 5.73 Å². The Morgan fingerprint density at radius 1 is 1.17 bits per heavy atom. The molecule has 18 heavy (non-hydrogen) atoms. The molecule has 0 amide bonds. The second kappa shape index (κ2) is 5.27. The van der Waals surface area contributed by atoms with Gasteiger partial charge in [-0.3, -0.25) is 0 Å². The highest BCUT2D eigenvalue weighted by molar-refractivity contribution is 5.54. The Kier molecular flexibility index (Phi) is 3.91. The Hall–Kier alpha value is -1.08. The molecule has 1 aliphatic rings. The molecule has 98 valence electrons. The first-order chi connectivity index (χ1) is 8.45. The summed E-state index contributed by atoms with van der Waals surface area (Å²) in [5.74, 6) is 0. The highest BCUT2D eigenvalue weighted by Crippen LogP contribution is 2.26. The molecule has 2 rings (SSSR count). The third-order valence-corrected chi connectivity index (χ3v) is 3.74. The first kappa shape index (κ1) is 13.4. The minimum atomic E-state index is 0.235. The number of rotatable bonds is 1. The van der Waals surface area contributed by atoms with Crippen LogP contribution in [-0.4, -0.2) is 6.04 Å². The van der Waals surface area contributed by atoms with Gasteiger partial charge in [-0.2, -0.15) is 0 Å². The Balaban J connectivity index is 2.13. The molecule has 0 saturated heterocycles. The van der Waals surface area contributed by atoms with Gasteiger partial charge >= 0.3 is 0 Å². The van der Waals surface area contributed by atoms with Crippen molar-refractivity contribution in [2.45, 2.75) is 57.9 Å². The van der Waals surface area contributed by atoms with Gasteiger partial charge in [0.25, 0.3) is 0 Å². The number of nitrogens with two attached hydrogens (primary N) is 1. The molecule has 1 aliphatic carbocycles. The molecule has 0 heterocycles. The van der Waals surface area contributed by atoms with Crippen LogP contribution in [-0.2, 0) is 5.41 Å². The van der Waals surface area contributed by atoms with Crippen LogP contribution in [0.4, 0.5) is 0 Å². The van der Waals surface area contributed by atoms with E-state index >= 15 is 0 Å². The number of hydrogen-bond acceptors (Lipinski definition) is 1. The molecule has 2 N–H and O–H groups in total. The van der Waals surface area contributed by atoms with Crippen LogP contribution in [0.1, 0.15) is 57.6 Å². The lowest BCUT2D eigenvalue weighted by Gasteiger charge is -2.21. The summed E-state index contributed by atoms with van der Waals surface area (Å²) in [5.41, 5.74) is 10.5. The first-order valence-electron chi connectivity index (χ1n) is 7.01. The summed E-state index contributed by atoms with van der Waals surface area (Å²) < 4.78 is 0. The minimum absolute atomic E-state index is 0.235. The fourth-order valence-corrected chi connectivity index (χ4v) is 2.58. The Morgan fingerprint density at radius 2 is 1.83 bits per heavy atom. The molecule has 1 aromatic carbocycles. The lowest BCUT2D eigenvalue weighted by Crippen LogP contribution is -2.23. The number of hydrogen-bond donors (Lipinski definition) is 1. The zero-order valence-corrected chi connectivity index (χ0v) is 11.9. The van der Waals surface area contributed by atoms with E-state index in [4.69, 9.17) is 5.73 Å². The van der Waals surface area contributed by atoms with Crippen LogP contribution in [0.2, 0.25) is 0 Å². The average Bonchev–Trinajstić information content (AvgIpc) is 2.28. The quantitative estimate of drug-likeness (QED) is 0.783. The molecule has 1 nitrogen and oxygen atoms in total. The summed E-state index contributed by atoms with van der Waals surface area (Å²) in [4.78, 5) is 0. The lowest BCUT2D eigenvalue weighted by atomic mass is 9.86. The fraction of sp³-hybridized carbons (Fsp3) is 0.529. The minimum Gasteiger partial charge on any atom is -0.327 e. The molecule has 1 aromatic rings. The van der Waals surface area contributed by atoms with Gasteiger partial charge < -0.3 is 5.73 Å². The van der Waals surface area contributed by atoms with Crippen molar-refractivity contribution in [3.05, 3.63) is 41.0 Å². The Labute approximate surface area is 111 Å². The maximum absolute atomic E-state index is 6.02. The first-order valence-corrected chi connectivity index (χ1v) is 7.01. The third kappa shape index (κ3) is 3.46. The summed E-state index contributed by atoms with van der Waals surface area (Å²) in [6.07, 6.45) is 7.04. The van der Waals surface area contributed by atoms with E-state index in [-0.39, 0.29) is 5.41 Å². The van der Waals surface area contributed by atoms with E-state index in [0.717, 1.165) is 6.42 Å².